The molecule has 2 aromatic rings. The number of benzene rings is 1. The Bertz CT molecular complexity index is 786. The number of nitrogens with zero attached hydrogens (tertiary/aromatic N) is 4. The van der Waals surface area contributed by atoms with Gasteiger partial charge in [0.05, 0.1) is 29.6 Å². The first-order valence-electron chi connectivity index (χ1n) is 8.21. The lowest BCUT2D eigenvalue weighted by Crippen LogP contribution is -2.44. The Labute approximate surface area is 145 Å². The van der Waals surface area contributed by atoms with Crippen LogP contribution in [0.5, 0.6) is 0 Å². The monoisotopic (exact) mass is 347 g/mol. The molecule has 8 heteroatoms. The van der Waals surface area contributed by atoms with Gasteiger partial charge in [-0.1, -0.05) is 12.1 Å². The van der Waals surface area contributed by atoms with Gasteiger partial charge in [0.2, 0.25) is 0 Å². The van der Waals surface area contributed by atoms with Gasteiger partial charge in [0.25, 0.3) is 0 Å². The Morgan fingerprint density at radius 1 is 1.48 bits per heavy atom. The Kier molecular flexibility index (Phi) is 4.47. The first-order valence-corrected chi connectivity index (χ1v) is 8.21. The van der Waals surface area contributed by atoms with E-state index in [1.807, 2.05) is 17.9 Å². The molecular formula is C17H22FN5O2. The molecule has 1 unspecified atom stereocenters. The van der Waals surface area contributed by atoms with E-state index >= 15 is 0 Å². The van der Waals surface area contributed by atoms with E-state index < -0.39 is 4.92 Å². The lowest BCUT2D eigenvalue weighted by Gasteiger charge is -2.27. The van der Waals surface area contributed by atoms with Gasteiger partial charge in [0, 0.05) is 25.2 Å². The van der Waals surface area contributed by atoms with Crippen LogP contribution in [0.25, 0.3) is 0 Å². The highest BCUT2D eigenvalue weighted by Gasteiger charge is 2.35. The number of anilines is 1. The van der Waals surface area contributed by atoms with Crippen LogP contribution < -0.4 is 10.2 Å². The molecule has 0 amide bonds. The fourth-order valence-corrected chi connectivity index (χ4v) is 3.43. The van der Waals surface area contributed by atoms with Crippen molar-refractivity contribution in [2.75, 3.05) is 18.0 Å². The fraction of sp³-hybridized carbons (Fsp3) is 0.471. The van der Waals surface area contributed by atoms with Crippen LogP contribution in [0, 0.1) is 22.9 Å². The number of aromatic nitrogens is 2. The summed E-state index contributed by atoms with van der Waals surface area (Å²) >= 11 is 0. The summed E-state index contributed by atoms with van der Waals surface area (Å²) in [5, 5.41) is 18.4. The third-order valence-corrected chi connectivity index (χ3v) is 4.74. The standard InChI is InChI=1S/C17H22FN5O2/c1-12-5-4-6-14(18)15(12)22-8-7-17(2,11-22)19-9-13-10-21(3)20-16(13)23(24)25/h4-6,10,19H,7-9,11H2,1-3H3. The van der Waals surface area contributed by atoms with Crippen molar-refractivity contribution in [2.24, 2.45) is 7.05 Å². The van der Waals surface area contributed by atoms with E-state index in [1.54, 1.807) is 19.3 Å². The molecule has 1 aliphatic rings. The summed E-state index contributed by atoms with van der Waals surface area (Å²) in [5.41, 5.74) is 1.85. The molecule has 134 valence electrons. The number of aryl methyl sites for hydroxylation is 2. The van der Waals surface area contributed by atoms with E-state index in [0.717, 1.165) is 18.5 Å². The van der Waals surface area contributed by atoms with Gasteiger partial charge in [0.1, 0.15) is 5.82 Å². The van der Waals surface area contributed by atoms with Crippen LogP contribution in [-0.2, 0) is 13.6 Å². The molecule has 0 saturated carbocycles. The summed E-state index contributed by atoms with van der Waals surface area (Å²) in [5.74, 6) is -0.342. The van der Waals surface area contributed by atoms with Gasteiger partial charge in [-0.3, -0.25) is 0 Å². The molecule has 0 aliphatic carbocycles. The number of para-hydroxylation sites is 1. The van der Waals surface area contributed by atoms with Gasteiger partial charge < -0.3 is 20.3 Å². The lowest BCUT2D eigenvalue weighted by atomic mass is 10.0. The first kappa shape index (κ1) is 17.3. The number of rotatable bonds is 5. The molecule has 1 aliphatic heterocycles. The highest BCUT2D eigenvalue weighted by Crippen LogP contribution is 2.31. The smallest absolute Gasteiger partial charge is 0.367 e. The number of halogens is 1. The van der Waals surface area contributed by atoms with Crippen LogP contribution >= 0.6 is 0 Å². The third kappa shape index (κ3) is 3.48. The molecule has 25 heavy (non-hydrogen) atoms. The average molecular weight is 347 g/mol. The minimum atomic E-state index is -0.469. The summed E-state index contributed by atoms with van der Waals surface area (Å²) in [4.78, 5) is 12.6. The molecule has 2 heterocycles. The number of nitro groups is 1. The normalized spacial score (nSPS) is 20.2. The maximum absolute atomic E-state index is 14.2. The van der Waals surface area contributed by atoms with E-state index in [4.69, 9.17) is 0 Å². The molecule has 3 rings (SSSR count). The maximum atomic E-state index is 14.2. The second kappa shape index (κ2) is 6.44. The number of hydrogen-bond donors (Lipinski definition) is 1. The van der Waals surface area contributed by atoms with E-state index in [9.17, 15) is 14.5 Å². The summed E-state index contributed by atoms with van der Waals surface area (Å²) in [6, 6.07) is 5.09. The number of nitrogens with one attached hydrogen (secondary N) is 1. The molecule has 0 bridgehead atoms. The number of hydrogen-bond acceptors (Lipinski definition) is 5. The van der Waals surface area contributed by atoms with E-state index in [-0.39, 0.29) is 17.2 Å². The zero-order valence-corrected chi connectivity index (χ0v) is 14.6. The molecule has 1 aromatic carbocycles. The van der Waals surface area contributed by atoms with E-state index in [0.29, 0.717) is 24.3 Å². The van der Waals surface area contributed by atoms with Crippen molar-refractivity contribution in [3.8, 4) is 0 Å². The molecule has 1 N–H and O–H groups in total. The molecule has 1 aromatic heterocycles. The molecular weight excluding hydrogens is 325 g/mol. The van der Waals surface area contributed by atoms with Gasteiger partial charge in [-0.2, -0.15) is 4.68 Å². The molecule has 1 fully saturated rings. The van der Waals surface area contributed by atoms with Crippen LogP contribution in [-0.4, -0.2) is 33.3 Å². The molecule has 1 atom stereocenters. The Morgan fingerprint density at radius 2 is 2.24 bits per heavy atom. The zero-order chi connectivity index (χ0) is 18.2. The van der Waals surface area contributed by atoms with Crippen LogP contribution in [0.4, 0.5) is 15.9 Å². The SMILES string of the molecule is Cc1cccc(F)c1N1CCC(C)(NCc2cn(C)nc2[N+](=O)[O-])C1. The summed E-state index contributed by atoms with van der Waals surface area (Å²) in [7, 11) is 1.66. The highest BCUT2D eigenvalue weighted by molar-refractivity contribution is 5.55. The van der Waals surface area contributed by atoms with Gasteiger partial charge in [-0.05, 0) is 36.8 Å². The third-order valence-electron chi connectivity index (χ3n) is 4.74. The first-order chi connectivity index (χ1) is 11.8. The maximum Gasteiger partial charge on any atom is 0.394 e. The van der Waals surface area contributed by atoms with Crippen molar-refractivity contribution < 1.29 is 9.31 Å². The molecule has 7 nitrogen and oxygen atoms in total. The fourth-order valence-electron chi connectivity index (χ4n) is 3.43. The van der Waals surface area contributed by atoms with Crippen molar-refractivity contribution in [3.05, 3.63) is 51.5 Å². The topological polar surface area (TPSA) is 76.2 Å². The Morgan fingerprint density at radius 3 is 2.92 bits per heavy atom. The summed E-state index contributed by atoms with van der Waals surface area (Å²) in [6.45, 7) is 5.69. The van der Waals surface area contributed by atoms with Crippen LogP contribution in [0.2, 0.25) is 0 Å². The van der Waals surface area contributed by atoms with Gasteiger partial charge in [-0.15, -0.1) is 0 Å². The van der Waals surface area contributed by atoms with Gasteiger partial charge in [0.15, 0.2) is 0 Å². The average Bonchev–Trinajstić information content (AvgIpc) is 3.09. The zero-order valence-electron chi connectivity index (χ0n) is 14.6. The quantitative estimate of drug-likeness (QED) is 0.664. The van der Waals surface area contributed by atoms with Crippen molar-refractivity contribution in [3.63, 3.8) is 0 Å². The molecule has 0 radical (unpaired) electrons. The van der Waals surface area contributed by atoms with E-state index in [1.165, 1.54) is 10.7 Å². The second-order valence-corrected chi connectivity index (χ2v) is 6.90. The Balaban J connectivity index is 1.71. The largest absolute Gasteiger partial charge is 0.394 e. The molecule has 1 saturated heterocycles. The minimum Gasteiger partial charge on any atom is -0.367 e. The van der Waals surface area contributed by atoms with Crippen molar-refractivity contribution in [2.45, 2.75) is 32.4 Å². The predicted molar refractivity (Wildman–Crippen MR) is 93.1 cm³/mol. The minimum absolute atomic E-state index is 0.126. The van der Waals surface area contributed by atoms with Crippen LogP contribution in [0.1, 0.15) is 24.5 Å². The highest BCUT2D eigenvalue weighted by atomic mass is 19.1. The van der Waals surface area contributed by atoms with Crippen molar-refractivity contribution >= 4 is 11.5 Å². The van der Waals surface area contributed by atoms with Crippen molar-refractivity contribution in [1.29, 1.82) is 0 Å². The van der Waals surface area contributed by atoms with Gasteiger partial charge >= 0.3 is 5.82 Å². The van der Waals surface area contributed by atoms with Crippen LogP contribution in [0.3, 0.4) is 0 Å². The van der Waals surface area contributed by atoms with Gasteiger partial charge in [-0.25, -0.2) is 4.39 Å². The lowest BCUT2D eigenvalue weighted by molar-refractivity contribution is -0.390. The van der Waals surface area contributed by atoms with Crippen LogP contribution in [0.15, 0.2) is 24.4 Å². The molecule has 0 spiro atoms. The Hall–Kier alpha value is -2.48. The van der Waals surface area contributed by atoms with E-state index in [2.05, 4.69) is 17.3 Å². The predicted octanol–water partition coefficient (Wildman–Crippen LogP) is 2.53. The second-order valence-electron chi connectivity index (χ2n) is 6.90. The summed E-state index contributed by atoms with van der Waals surface area (Å²) < 4.78 is 15.6. The summed E-state index contributed by atoms with van der Waals surface area (Å²) in [6.07, 6.45) is 2.48. The van der Waals surface area contributed by atoms with Crippen molar-refractivity contribution in [1.82, 2.24) is 15.1 Å².